The lowest BCUT2D eigenvalue weighted by atomic mass is 9.89. The normalized spacial score (nSPS) is 14.6. The molecule has 0 aromatic heterocycles. The molecule has 0 radical (unpaired) electrons. The fraction of sp³-hybridized carbons (Fsp3) is 0.462. The summed E-state index contributed by atoms with van der Waals surface area (Å²) in [4.78, 5) is 13.1. The van der Waals surface area contributed by atoms with Crippen LogP contribution in [0.25, 0.3) is 0 Å². The van der Waals surface area contributed by atoms with Crippen molar-refractivity contribution in [1.29, 1.82) is 0 Å². The summed E-state index contributed by atoms with van der Waals surface area (Å²) in [5, 5.41) is 9.41. The molecular weight excluding hydrogens is 240 g/mol. The second-order valence-electron chi connectivity index (χ2n) is 4.17. The van der Waals surface area contributed by atoms with Crippen LogP contribution in [0.4, 0.5) is 8.78 Å². The molecule has 1 unspecified atom stereocenters. The van der Waals surface area contributed by atoms with E-state index < -0.39 is 23.1 Å². The molecule has 100 valence electrons. The highest BCUT2D eigenvalue weighted by Gasteiger charge is 2.42. The van der Waals surface area contributed by atoms with Gasteiger partial charge in [-0.3, -0.25) is 4.90 Å². The summed E-state index contributed by atoms with van der Waals surface area (Å²) in [6, 6.07) is 2.97. The highest BCUT2D eigenvalue weighted by Crippen LogP contribution is 2.30. The summed E-state index contributed by atoms with van der Waals surface area (Å²) >= 11 is 0. The van der Waals surface area contributed by atoms with Gasteiger partial charge in [-0.05, 0) is 26.1 Å². The van der Waals surface area contributed by atoms with E-state index >= 15 is 0 Å². The summed E-state index contributed by atoms with van der Waals surface area (Å²) < 4.78 is 26.7. The maximum atomic E-state index is 13.8. The molecule has 1 rings (SSSR count). The number of carbonyl (C=O) groups is 1. The number of aliphatic carboxylic acids is 1. The van der Waals surface area contributed by atoms with Gasteiger partial charge in [0.05, 0.1) is 0 Å². The number of rotatable bonds is 5. The zero-order valence-electron chi connectivity index (χ0n) is 10.7. The number of hydrogen-bond donors (Lipinski definition) is 1. The van der Waals surface area contributed by atoms with Crippen LogP contribution in [0, 0.1) is 11.6 Å². The van der Waals surface area contributed by atoms with E-state index in [1.807, 2.05) is 0 Å². The topological polar surface area (TPSA) is 40.5 Å². The second kappa shape index (κ2) is 5.44. The van der Waals surface area contributed by atoms with Crippen molar-refractivity contribution >= 4 is 5.97 Å². The van der Waals surface area contributed by atoms with Crippen molar-refractivity contribution in [2.45, 2.75) is 26.3 Å². The third kappa shape index (κ3) is 2.36. The molecule has 0 amide bonds. The lowest BCUT2D eigenvalue weighted by molar-refractivity contribution is -0.151. The van der Waals surface area contributed by atoms with Crippen molar-refractivity contribution in [2.75, 3.05) is 13.1 Å². The van der Waals surface area contributed by atoms with E-state index in [4.69, 9.17) is 0 Å². The predicted molar refractivity (Wildman–Crippen MR) is 64.3 cm³/mol. The average Bonchev–Trinajstić information content (AvgIpc) is 2.29. The third-order valence-corrected chi connectivity index (χ3v) is 3.27. The first-order valence-corrected chi connectivity index (χ1v) is 5.81. The molecule has 5 heteroatoms. The highest BCUT2D eigenvalue weighted by molar-refractivity contribution is 5.80. The minimum Gasteiger partial charge on any atom is -0.480 e. The second-order valence-corrected chi connectivity index (χ2v) is 4.17. The number of likely N-dealkylation sites (N-methyl/N-ethyl adjacent to an activating group) is 1. The maximum Gasteiger partial charge on any atom is 0.328 e. The number of nitrogens with zero attached hydrogens (tertiary/aromatic N) is 1. The molecule has 3 nitrogen and oxygen atoms in total. The monoisotopic (exact) mass is 257 g/mol. The number of benzene rings is 1. The summed E-state index contributed by atoms with van der Waals surface area (Å²) in [5.74, 6) is -2.72. The molecule has 0 bridgehead atoms. The molecule has 0 spiro atoms. The molecule has 18 heavy (non-hydrogen) atoms. The minimum absolute atomic E-state index is 0.0277. The van der Waals surface area contributed by atoms with Crippen molar-refractivity contribution in [3.8, 4) is 0 Å². The fourth-order valence-corrected chi connectivity index (χ4v) is 2.16. The van der Waals surface area contributed by atoms with E-state index in [9.17, 15) is 18.7 Å². The smallest absolute Gasteiger partial charge is 0.328 e. The van der Waals surface area contributed by atoms with Gasteiger partial charge in [0.25, 0.3) is 0 Å². The van der Waals surface area contributed by atoms with Crippen molar-refractivity contribution < 1.29 is 18.7 Å². The van der Waals surface area contributed by atoms with Gasteiger partial charge < -0.3 is 5.11 Å². The molecule has 0 heterocycles. The van der Waals surface area contributed by atoms with Gasteiger partial charge in [0.15, 0.2) is 0 Å². The van der Waals surface area contributed by atoms with Crippen LogP contribution in [0.2, 0.25) is 0 Å². The Kier molecular flexibility index (Phi) is 4.40. The number of carboxylic acid groups (broad SMARTS) is 1. The molecular formula is C13H17F2NO2. The van der Waals surface area contributed by atoms with Crippen LogP contribution in [0.5, 0.6) is 0 Å². The predicted octanol–water partition coefficient (Wildman–Crippen LogP) is 2.61. The van der Waals surface area contributed by atoms with E-state index in [1.165, 1.54) is 13.0 Å². The Balaban J connectivity index is 3.40. The Labute approximate surface area is 105 Å². The Morgan fingerprint density at radius 2 is 1.89 bits per heavy atom. The summed E-state index contributed by atoms with van der Waals surface area (Å²) in [5.41, 5.74) is -1.53. The number of halogens is 2. The van der Waals surface area contributed by atoms with Crippen LogP contribution in [-0.2, 0) is 10.3 Å². The Morgan fingerprint density at radius 1 is 1.33 bits per heavy atom. The van der Waals surface area contributed by atoms with Gasteiger partial charge in [0.2, 0.25) is 0 Å². The summed E-state index contributed by atoms with van der Waals surface area (Å²) in [7, 11) is 0. The SMILES string of the molecule is CCN(CC)C(C)(C(=O)O)c1ccc(F)cc1F. The molecule has 1 atom stereocenters. The molecule has 0 aliphatic heterocycles. The zero-order chi connectivity index (χ0) is 13.9. The molecule has 0 fully saturated rings. The average molecular weight is 257 g/mol. The van der Waals surface area contributed by atoms with E-state index in [-0.39, 0.29) is 5.56 Å². The van der Waals surface area contributed by atoms with E-state index in [2.05, 4.69) is 0 Å². The molecule has 1 N–H and O–H groups in total. The highest BCUT2D eigenvalue weighted by atomic mass is 19.1. The largest absolute Gasteiger partial charge is 0.480 e. The fourth-order valence-electron chi connectivity index (χ4n) is 2.16. The van der Waals surface area contributed by atoms with Crippen molar-refractivity contribution in [2.24, 2.45) is 0 Å². The Hall–Kier alpha value is -1.49. The summed E-state index contributed by atoms with van der Waals surface area (Å²) in [6.07, 6.45) is 0. The van der Waals surface area contributed by atoms with Crippen molar-refractivity contribution in [1.82, 2.24) is 4.90 Å². The quantitative estimate of drug-likeness (QED) is 0.881. The molecule has 0 aliphatic rings. The molecule has 0 saturated carbocycles. The molecule has 1 aromatic carbocycles. The van der Waals surface area contributed by atoms with Crippen LogP contribution in [0.3, 0.4) is 0 Å². The van der Waals surface area contributed by atoms with Gasteiger partial charge in [-0.15, -0.1) is 0 Å². The first-order valence-electron chi connectivity index (χ1n) is 5.81. The van der Waals surface area contributed by atoms with Crippen LogP contribution >= 0.6 is 0 Å². The van der Waals surface area contributed by atoms with Crippen LogP contribution in [0.1, 0.15) is 26.3 Å². The lowest BCUT2D eigenvalue weighted by Crippen LogP contribution is -2.50. The first-order chi connectivity index (χ1) is 8.37. The van der Waals surface area contributed by atoms with Crippen LogP contribution in [-0.4, -0.2) is 29.1 Å². The molecule has 1 aromatic rings. The third-order valence-electron chi connectivity index (χ3n) is 3.27. The van der Waals surface area contributed by atoms with Crippen molar-refractivity contribution in [3.05, 3.63) is 35.4 Å². The van der Waals surface area contributed by atoms with Gasteiger partial charge in [0, 0.05) is 11.6 Å². The van der Waals surface area contributed by atoms with E-state index in [0.29, 0.717) is 19.2 Å². The molecule has 0 aliphatic carbocycles. The summed E-state index contributed by atoms with van der Waals surface area (Å²) in [6.45, 7) is 5.93. The van der Waals surface area contributed by atoms with Crippen LogP contribution in [0.15, 0.2) is 18.2 Å². The number of hydrogen-bond acceptors (Lipinski definition) is 2. The standard InChI is InChI=1S/C13H17F2NO2/c1-4-16(5-2)13(3,12(17)18)10-7-6-9(14)8-11(10)15/h6-8H,4-5H2,1-3H3,(H,17,18). The Morgan fingerprint density at radius 3 is 2.28 bits per heavy atom. The van der Waals surface area contributed by atoms with Crippen LogP contribution < -0.4 is 0 Å². The molecule has 0 saturated heterocycles. The van der Waals surface area contributed by atoms with E-state index in [0.717, 1.165) is 6.07 Å². The van der Waals surface area contributed by atoms with Gasteiger partial charge in [-0.1, -0.05) is 19.9 Å². The van der Waals surface area contributed by atoms with E-state index in [1.54, 1.807) is 18.7 Å². The Bertz CT molecular complexity index is 447. The number of carboxylic acids is 1. The van der Waals surface area contributed by atoms with Gasteiger partial charge >= 0.3 is 5.97 Å². The maximum absolute atomic E-state index is 13.8. The van der Waals surface area contributed by atoms with Crippen molar-refractivity contribution in [3.63, 3.8) is 0 Å². The first kappa shape index (κ1) is 14.6. The lowest BCUT2D eigenvalue weighted by Gasteiger charge is -2.37. The zero-order valence-corrected chi connectivity index (χ0v) is 10.7. The van der Waals surface area contributed by atoms with Gasteiger partial charge in [-0.25, -0.2) is 13.6 Å². The minimum atomic E-state index is -1.50. The van der Waals surface area contributed by atoms with Gasteiger partial charge in [-0.2, -0.15) is 0 Å². The van der Waals surface area contributed by atoms with Gasteiger partial charge in [0.1, 0.15) is 17.2 Å².